The molecule has 14 nitrogen and oxygen atoms in total. The molecule has 0 unspecified atom stereocenters. The van der Waals surface area contributed by atoms with E-state index in [1.165, 1.54) is 26.3 Å². The van der Waals surface area contributed by atoms with Gasteiger partial charge in [-0.05, 0) is 52.6 Å². The van der Waals surface area contributed by atoms with Gasteiger partial charge in [-0.1, -0.05) is 95.2 Å². The maximum Gasteiger partial charge on any atom is 0.411 e. The molecular weight excluding hydrogens is 777 g/mol. The van der Waals surface area contributed by atoms with Crippen LogP contribution in [-0.2, 0) is 40.4 Å². The predicted octanol–water partition coefficient (Wildman–Crippen LogP) is 6.01. The van der Waals surface area contributed by atoms with Crippen LogP contribution in [-0.4, -0.2) is 80.6 Å². The maximum absolute atomic E-state index is 14.4. The molecule has 0 bridgehead atoms. The number of nitrogen functional groups attached to an aromatic ring is 1. The molecule has 3 heterocycles. The molecule has 2 atom stereocenters. The average molecular weight is 813 g/mol. The molecule has 0 aliphatic carbocycles. The van der Waals surface area contributed by atoms with Gasteiger partial charge in [0.05, 0.1) is 39.4 Å². The van der Waals surface area contributed by atoms with E-state index in [2.05, 4.69) is 15.6 Å². The minimum atomic E-state index is -0.955. The van der Waals surface area contributed by atoms with Crippen LogP contribution in [0.4, 0.5) is 20.4 Å². The van der Waals surface area contributed by atoms with Gasteiger partial charge in [0.2, 0.25) is 11.8 Å². The highest BCUT2D eigenvalue weighted by Gasteiger charge is 2.52. The first-order chi connectivity index (χ1) is 27.1. The summed E-state index contributed by atoms with van der Waals surface area (Å²) in [6.45, 7) is -0.191. The monoisotopic (exact) mass is 811 g/mol. The number of fused-ring (bicyclic) bond motifs is 2. The quantitative estimate of drug-likeness (QED) is 0.135. The first-order valence-electron chi connectivity index (χ1n) is 17.5. The number of hydrogen-bond acceptors (Lipinski definition) is 10. The van der Waals surface area contributed by atoms with Crippen LogP contribution in [0.5, 0.6) is 0 Å². The Morgan fingerprint density at radius 3 is 2.50 bits per heavy atom. The molecule has 4 aromatic carbocycles. The minimum Gasteiger partial charge on any atom is -0.444 e. The summed E-state index contributed by atoms with van der Waals surface area (Å²) < 4.78 is 6.21. The van der Waals surface area contributed by atoms with Gasteiger partial charge in [-0.25, -0.2) is 19.6 Å². The fraction of sp³-hybridized carbons (Fsp3) is 0.231. The number of nitriles is 1. The summed E-state index contributed by atoms with van der Waals surface area (Å²) in [6.07, 6.45) is -1.26. The molecular formula is C39H35Cl2N9O5S. The number of nitrogens with one attached hydrogen (secondary N) is 2. The Balaban J connectivity index is 1.12. The van der Waals surface area contributed by atoms with Gasteiger partial charge in [0.25, 0.3) is 0 Å². The smallest absolute Gasteiger partial charge is 0.411 e. The molecule has 4 N–H and O–H groups in total. The molecule has 5 aromatic rings. The van der Waals surface area contributed by atoms with Crippen molar-refractivity contribution in [2.75, 3.05) is 30.7 Å². The van der Waals surface area contributed by atoms with Gasteiger partial charge in [-0.3, -0.25) is 14.9 Å². The topological polar surface area (TPSA) is 177 Å². The lowest BCUT2D eigenvalue weighted by Crippen LogP contribution is -2.66. The molecule has 5 amide bonds. The minimum absolute atomic E-state index is 0.0486. The zero-order valence-corrected chi connectivity index (χ0v) is 32.1. The summed E-state index contributed by atoms with van der Waals surface area (Å²) >= 11 is 13.6. The number of aromatic nitrogens is 1. The van der Waals surface area contributed by atoms with E-state index in [1.54, 1.807) is 47.4 Å². The number of carbonyl (C=O) groups excluding carboxylic acids is 4. The highest BCUT2D eigenvalue weighted by atomic mass is 35.5. The summed E-state index contributed by atoms with van der Waals surface area (Å²) in [6, 6.07) is 27.3. The average Bonchev–Trinajstić information content (AvgIpc) is 3.74. The Labute approximate surface area is 335 Å². The number of piperazine rings is 1. The van der Waals surface area contributed by atoms with Crippen molar-refractivity contribution in [3.63, 3.8) is 0 Å². The van der Waals surface area contributed by atoms with Crippen molar-refractivity contribution in [2.45, 2.75) is 38.3 Å². The van der Waals surface area contributed by atoms with Crippen LogP contribution in [0.3, 0.4) is 0 Å². The largest absolute Gasteiger partial charge is 0.444 e. The third-order valence-corrected chi connectivity index (χ3v) is 11.1. The fourth-order valence-electron chi connectivity index (χ4n) is 6.84. The van der Waals surface area contributed by atoms with Crippen LogP contribution in [0.25, 0.3) is 10.2 Å². The Morgan fingerprint density at radius 1 is 0.982 bits per heavy atom. The Bertz CT molecular complexity index is 2320. The number of hydrogen-bond donors (Lipinski definition) is 3. The van der Waals surface area contributed by atoms with Crippen molar-refractivity contribution in [2.24, 2.45) is 0 Å². The van der Waals surface area contributed by atoms with Crippen molar-refractivity contribution in [1.82, 2.24) is 30.1 Å². The number of nitrogens with zero attached hydrogens (tertiary/aromatic N) is 6. The number of halogens is 2. The number of urea groups is 1. The Kier molecular flexibility index (Phi) is 11.5. The second-order valence-corrected chi connectivity index (χ2v) is 15.0. The lowest BCUT2D eigenvalue weighted by atomic mass is 9.99. The SMILES string of the molecule is N#CCN(C(=O)NCc1ccc(Cl)c(Cl)c1)N1CC(=O)N2[C@@H](Cc3ccc(NC(=O)OCc4ccccc4)cc3)C(=O)N(Cc3cccc4sc(N)nc34)C[C@@H]21. The van der Waals surface area contributed by atoms with Crippen molar-refractivity contribution < 1.29 is 23.9 Å². The first kappa shape index (κ1) is 38.4. The van der Waals surface area contributed by atoms with Crippen LogP contribution in [0.15, 0.2) is 91.0 Å². The summed E-state index contributed by atoms with van der Waals surface area (Å²) in [7, 11) is 0. The summed E-state index contributed by atoms with van der Waals surface area (Å²) in [4.78, 5) is 62.2. The number of thiazole rings is 1. The highest BCUT2D eigenvalue weighted by molar-refractivity contribution is 7.22. The summed E-state index contributed by atoms with van der Waals surface area (Å²) in [5.41, 5.74) is 10.2. The number of amides is 5. The van der Waals surface area contributed by atoms with Gasteiger partial charge in [-0.2, -0.15) is 10.3 Å². The third kappa shape index (κ3) is 8.48. The van der Waals surface area contributed by atoms with Crippen LogP contribution >= 0.6 is 34.5 Å². The van der Waals surface area contributed by atoms with Gasteiger partial charge >= 0.3 is 12.1 Å². The molecule has 2 fully saturated rings. The first-order valence-corrected chi connectivity index (χ1v) is 19.1. The van der Waals surface area contributed by atoms with Gasteiger partial charge in [0.1, 0.15) is 25.4 Å². The normalized spacial score (nSPS) is 16.7. The van der Waals surface area contributed by atoms with E-state index in [0.717, 1.165) is 21.4 Å². The number of benzene rings is 4. The number of nitrogens with two attached hydrogens (primary N) is 1. The Morgan fingerprint density at radius 2 is 1.75 bits per heavy atom. The molecule has 1 aromatic heterocycles. The molecule has 286 valence electrons. The van der Waals surface area contributed by atoms with Gasteiger partial charge in [0, 0.05) is 25.2 Å². The zero-order valence-electron chi connectivity index (χ0n) is 29.7. The molecule has 2 aliphatic heterocycles. The van der Waals surface area contributed by atoms with Crippen molar-refractivity contribution >= 4 is 79.5 Å². The van der Waals surface area contributed by atoms with Crippen LogP contribution in [0, 0.1) is 11.3 Å². The van der Waals surface area contributed by atoms with Crippen LogP contribution in [0.1, 0.15) is 22.3 Å². The second kappa shape index (κ2) is 16.8. The number of rotatable bonds is 11. The molecule has 7 rings (SSSR count). The predicted molar refractivity (Wildman–Crippen MR) is 212 cm³/mol. The van der Waals surface area contributed by atoms with E-state index in [0.29, 0.717) is 31.9 Å². The standard InChI is InChI=1S/C39H35Cl2N9O5S/c40-29-14-11-26(17-30(29)41)19-44-38(53)48(16-15-42)49-22-34(51)50-31(18-24-9-12-28(13-10-24)45-39(54)55-23-25-5-2-1-3-6-25)36(52)47(21-33(49)50)20-27-7-4-8-32-35(27)46-37(43)56-32/h1-14,17,31,33H,16,18-23H2,(H2,43,46)(H,44,53)(H,45,54)/t31-,33+/m0/s1. The fourth-order valence-corrected chi connectivity index (χ4v) is 7.94. The second-order valence-electron chi connectivity index (χ2n) is 13.1. The molecule has 0 radical (unpaired) electrons. The Hall–Kier alpha value is -5.92. The lowest BCUT2D eigenvalue weighted by molar-refractivity contribution is -0.157. The number of carbonyl (C=O) groups is 4. The third-order valence-electron chi connectivity index (χ3n) is 9.48. The summed E-state index contributed by atoms with van der Waals surface area (Å²) in [5, 5.41) is 19.2. The maximum atomic E-state index is 14.4. The van der Waals surface area contributed by atoms with E-state index in [1.807, 2.05) is 54.6 Å². The zero-order chi connectivity index (χ0) is 39.3. The van der Waals surface area contributed by atoms with E-state index in [9.17, 15) is 24.4 Å². The molecule has 56 heavy (non-hydrogen) atoms. The van der Waals surface area contributed by atoms with Gasteiger partial charge < -0.3 is 25.6 Å². The molecule has 17 heteroatoms. The van der Waals surface area contributed by atoms with E-state index >= 15 is 0 Å². The molecule has 2 saturated heterocycles. The number of anilines is 2. The van der Waals surface area contributed by atoms with Crippen molar-refractivity contribution in [3.8, 4) is 6.07 Å². The van der Waals surface area contributed by atoms with E-state index < -0.39 is 24.3 Å². The van der Waals surface area contributed by atoms with Crippen LogP contribution < -0.4 is 16.4 Å². The van der Waals surface area contributed by atoms with Crippen molar-refractivity contribution in [1.29, 1.82) is 5.26 Å². The van der Waals surface area contributed by atoms with E-state index in [4.69, 9.17) is 33.7 Å². The molecule has 0 spiro atoms. The number of hydrazine groups is 1. The molecule has 0 saturated carbocycles. The lowest BCUT2D eigenvalue weighted by Gasteiger charge is -2.46. The van der Waals surface area contributed by atoms with Gasteiger partial charge in [0.15, 0.2) is 5.13 Å². The van der Waals surface area contributed by atoms with Crippen molar-refractivity contribution in [3.05, 3.63) is 123 Å². The molecule has 2 aliphatic rings. The summed E-state index contributed by atoms with van der Waals surface area (Å²) in [5.74, 6) is -0.665. The van der Waals surface area contributed by atoms with Gasteiger partial charge in [-0.15, -0.1) is 0 Å². The van der Waals surface area contributed by atoms with E-state index in [-0.39, 0.29) is 57.6 Å². The van der Waals surface area contributed by atoms with Crippen LogP contribution in [0.2, 0.25) is 10.0 Å². The number of ether oxygens (including phenoxy) is 1. The number of para-hydroxylation sites is 1. The highest BCUT2D eigenvalue weighted by Crippen LogP contribution is 2.33.